The Kier molecular flexibility index (Phi) is 4.09. The summed E-state index contributed by atoms with van der Waals surface area (Å²) in [5, 5.41) is 6.95. The van der Waals surface area contributed by atoms with Gasteiger partial charge in [0.05, 0.1) is 0 Å². The Morgan fingerprint density at radius 2 is 2.06 bits per heavy atom. The maximum absolute atomic E-state index is 14.1. The van der Waals surface area contributed by atoms with E-state index in [1.165, 1.54) is 12.1 Å². The molecule has 1 unspecified atom stereocenters. The van der Waals surface area contributed by atoms with E-state index >= 15 is 0 Å². The molecule has 0 saturated carbocycles. The highest BCUT2D eigenvalue weighted by molar-refractivity contribution is 7.07. The van der Waals surface area contributed by atoms with Gasteiger partial charge in [0, 0.05) is 11.6 Å². The highest BCUT2D eigenvalue weighted by Crippen LogP contribution is 2.26. The summed E-state index contributed by atoms with van der Waals surface area (Å²) in [5.74, 6) is -0.947. The van der Waals surface area contributed by atoms with Crippen LogP contribution in [0.1, 0.15) is 22.7 Å². The Hall–Kier alpha value is -1.26. The normalized spacial score (nSPS) is 12.7. The van der Waals surface area contributed by atoms with Gasteiger partial charge >= 0.3 is 0 Å². The van der Waals surface area contributed by atoms with Crippen molar-refractivity contribution < 1.29 is 8.78 Å². The molecule has 2 rings (SSSR count). The van der Waals surface area contributed by atoms with Crippen LogP contribution < -0.4 is 5.32 Å². The average Bonchev–Trinajstić information content (AvgIpc) is 2.86. The third-order valence-corrected chi connectivity index (χ3v) is 3.77. The molecule has 1 atom stereocenters. The quantitative estimate of drug-likeness (QED) is 0.887. The van der Waals surface area contributed by atoms with Crippen LogP contribution in [-0.2, 0) is 6.42 Å². The van der Waals surface area contributed by atoms with E-state index in [9.17, 15) is 8.78 Å². The van der Waals surface area contributed by atoms with Gasteiger partial charge in [-0.2, -0.15) is 11.3 Å². The lowest BCUT2D eigenvalue weighted by atomic mass is 9.97. The van der Waals surface area contributed by atoms with Crippen LogP contribution in [0.25, 0.3) is 0 Å². The van der Waals surface area contributed by atoms with Crippen molar-refractivity contribution in [3.63, 3.8) is 0 Å². The number of aryl methyl sites for hydroxylation is 1. The van der Waals surface area contributed by atoms with Gasteiger partial charge in [-0.1, -0.05) is 6.07 Å². The Labute approximate surface area is 109 Å². The van der Waals surface area contributed by atoms with Crippen molar-refractivity contribution >= 4 is 11.3 Å². The summed E-state index contributed by atoms with van der Waals surface area (Å²) in [7, 11) is 1.72. The molecular weight excluding hydrogens is 252 g/mol. The van der Waals surface area contributed by atoms with Gasteiger partial charge < -0.3 is 5.32 Å². The molecule has 0 amide bonds. The molecule has 2 aromatic rings. The molecule has 4 heteroatoms. The van der Waals surface area contributed by atoms with Gasteiger partial charge in [0.15, 0.2) is 0 Å². The Bertz CT molecular complexity index is 523. The molecule has 0 radical (unpaired) electrons. The molecule has 0 fully saturated rings. The van der Waals surface area contributed by atoms with Crippen LogP contribution in [0.2, 0.25) is 0 Å². The molecule has 1 aromatic heterocycles. The van der Waals surface area contributed by atoms with Crippen molar-refractivity contribution in [2.24, 2.45) is 0 Å². The summed E-state index contributed by atoms with van der Waals surface area (Å²) in [6.07, 6.45) is 0.581. The van der Waals surface area contributed by atoms with Crippen LogP contribution in [0.5, 0.6) is 0 Å². The predicted octanol–water partition coefficient (Wildman–Crippen LogP) is 3.84. The number of hydrogen-bond donors (Lipinski definition) is 1. The molecule has 1 aromatic carbocycles. The first-order valence-electron chi connectivity index (χ1n) is 5.76. The summed E-state index contributed by atoms with van der Waals surface area (Å²) >= 11 is 1.58. The second-order valence-electron chi connectivity index (χ2n) is 4.27. The molecule has 0 aliphatic heterocycles. The fourth-order valence-electron chi connectivity index (χ4n) is 1.99. The van der Waals surface area contributed by atoms with Crippen molar-refractivity contribution in [1.29, 1.82) is 0 Å². The number of hydrogen-bond acceptors (Lipinski definition) is 2. The molecule has 0 aliphatic carbocycles. The summed E-state index contributed by atoms with van der Waals surface area (Å²) in [4.78, 5) is 0. The first-order valence-corrected chi connectivity index (χ1v) is 6.70. The number of halogens is 2. The maximum atomic E-state index is 14.1. The van der Waals surface area contributed by atoms with Crippen LogP contribution >= 0.6 is 11.3 Å². The Morgan fingerprint density at radius 3 is 2.67 bits per heavy atom. The van der Waals surface area contributed by atoms with Crippen molar-refractivity contribution in [1.82, 2.24) is 5.32 Å². The average molecular weight is 267 g/mol. The minimum atomic E-state index is -0.493. The molecule has 0 aliphatic rings. The number of nitrogens with one attached hydrogen (secondary N) is 1. The van der Waals surface area contributed by atoms with Gasteiger partial charge in [-0.05, 0) is 54.4 Å². The summed E-state index contributed by atoms with van der Waals surface area (Å²) < 4.78 is 27.9. The monoisotopic (exact) mass is 267 g/mol. The van der Waals surface area contributed by atoms with E-state index in [1.54, 1.807) is 25.3 Å². The number of likely N-dealkylation sites (N-methyl/N-ethyl adjacent to an activating group) is 1. The second-order valence-corrected chi connectivity index (χ2v) is 5.05. The molecule has 96 valence electrons. The predicted molar refractivity (Wildman–Crippen MR) is 70.9 cm³/mol. The zero-order valence-electron chi connectivity index (χ0n) is 10.3. The van der Waals surface area contributed by atoms with Crippen molar-refractivity contribution in [2.75, 3.05) is 7.05 Å². The van der Waals surface area contributed by atoms with Gasteiger partial charge in [-0.3, -0.25) is 0 Å². The number of rotatable bonds is 4. The fraction of sp³-hybridized carbons (Fsp3) is 0.286. The molecule has 0 saturated heterocycles. The van der Waals surface area contributed by atoms with Crippen LogP contribution in [-0.4, -0.2) is 7.05 Å². The third-order valence-electron chi connectivity index (χ3n) is 3.04. The largest absolute Gasteiger partial charge is 0.313 e. The van der Waals surface area contributed by atoms with Crippen LogP contribution in [0.15, 0.2) is 29.0 Å². The maximum Gasteiger partial charge on any atom is 0.133 e. The van der Waals surface area contributed by atoms with E-state index in [4.69, 9.17) is 0 Å². The third kappa shape index (κ3) is 2.60. The molecule has 1 N–H and O–H groups in total. The Morgan fingerprint density at radius 1 is 1.28 bits per heavy atom. The standard InChI is InChI=1S/C14H15F2NS/c1-9-3-4-11(15)13(14(9)16)12(17-2)7-10-5-6-18-8-10/h3-6,8,12,17H,7H2,1-2H3. The Balaban J connectivity index is 2.35. The second kappa shape index (κ2) is 5.59. The fourth-order valence-corrected chi connectivity index (χ4v) is 2.67. The highest BCUT2D eigenvalue weighted by atomic mass is 32.1. The minimum absolute atomic E-state index is 0.128. The van der Waals surface area contributed by atoms with E-state index in [1.807, 2.05) is 16.8 Å². The van der Waals surface area contributed by atoms with E-state index in [0.717, 1.165) is 5.56 Å². The van der Waals surface area contributed by atoms with Crippen molar-refractivity contribution in [2.45, 2.75) is 19.4 Å². The molecule has 0 spiro atoms. The first kappa shape index (κ1) is 13.2. The molecule has 0 bridgehead atoms. The topological polar surface area (TPSA) is 12.0 Å². The lowest BCUT2D eigenvalue weighted by Gasteiger charge is -2.18. The van der Waals surface area contributed by atoms with E-state index in [0.29, 0.717) is 12.0 Å². The zero-order valence-corrected chi connectivity index (χ0v) is 11.2. The lowest BCUT2D eigenvalue weighted by Crippen LogP contribution is -2.21. The van der Waals surface area contributed by atoms with Crippen LogP contribution in [0, 0.1) is 18.6 Å². The molecule has 18 heavy (non-hydrogen) atoms. The van der Waals surface area contributed by atoms with Gasteiger partial charge in [0.25, 0.3) is 0 Å². The summed E-state index contributed by atoms with van der Waals surface area (Å²) in [5.41, 5.74) is 1.68. The van der Waals surface area contributed by atoms with E-state index in [-0.39, 0.29) is 11.6 Å². The van der Waals surface area contributed by atoms with Gasteiger partial charge in [0.1, 0.15) is 11.6 Å². The SMILES string of the molecule is CNC(Cc1ccsc1)c1c(F)ccc(C)c1F. The van der Waals surface area contributed by atoms with Crippen molar-refractivity contribution in [3.05, 3.63) is 57.3 Å². The van der Waals surface area contributed by atoms with Gasteiger partial charge in [-0.25, -0.2) is 8.78 Å². The number of thiophene rings is 1. The van der Waals surface area contributed by atoms with E-state index in [2.05, 4.69) is 5.32 Å². The summed E-state index contributed by atoms with van der Waals surface area (Å²) in [6.45, 7) is 1.65. The van der Waals surface area contributed by atoms with Crippen molar-refractivity contribution in [3.8, 4) is 0 Å². The number of benzene rings is 1. The molecule has 1 nitrogen and oxygen atoms in total. The van der Waals surface area contributed by atoms with Gasteiger partial charge in [-0.15, -0.1) is 0 Å². The highest BCUT2D eigenvalue weighted by Gasteiger charge is 2.20. The molecule has 1 heterocycles. The minimum Gasteiger partial charge on any atom is -0.313 e. The van der Waals surface area contributed by atoms with Crippen LogP contribution in [0.3, 0.4) is 0 Å². The van der Waals surface area contributed by atoms with Crippen LogP contribution in [0.4, 0.5) is 8.78 Å². The van der Waals surface area contributed by atoms with Gasteiger partial charge in [0.2, 0.25) is 0 Å². The molecular formula is C14H15F2NS. The van der Waals surface area contributed by atoms with E-state index < -0.39 is 11.6 Å². The first-order chi connectivity index (χ1) is 8.63. The summed E-state index contributed by atoms with van der Waals surface area (Å²) in [6, 6.07) is 4.41. The zero-order chi connectivity index (χ0) is 13.1. The lowest BCUT2D eigenvalue weighted by molar-refractivity contribution is 0.486. The smallest absolute Gasteiger partial charge is 0.133 e.